The number of halogens is 1. The molecule has 0 bridgehead atoms. The van der Waals surface area contributed by atoms with Crippen molar-refractivity contribution in [3.8, 4) is 0 Å². The lowest BCUT2D eigenvalue weighted by Crippen LogP contribution is -2.43. The van der Waals surface area contributed by atoms with Gasteiger partial charge in [0.25, 0.3) is 0 Å². The predicted molar refractivity (Wildman–Crippen MR) is 116 cm³/mol. The average molecular weight is 467 g/mol. The molecule has 148 valence electrons. The fourth-order valence-corrected chi connectivity index (χ4v) is 3.56. The van der Waals surface area contributed by atoms with Crippen LogP contribution in [-0.2, 0) is 4.74 Å². The monoisotopic (exact) mass is 467 g/mol. The molecule has 7 heteroatoms. The summed E-state index contributed by atoms with van der Waals surface area (Å²) in [5.41, 5.74) is 0. The highest BCUT2D eigenvalue weighted by Crippen LogP contribution is 2.16. The summed E-state index contributed by atoms with van der Waals surface area (Å²) < 4.78 is 5.39. The number of likely N-dealkylation sites (tertiary alicyclic amines) is 1. The van der Waals surface area contributed by atoms with Crippen LogP contribution in [0.2, 0.25) is 0 Å². The minimum Gasteiger partial charge on any atom is -0.379 e. The van der Waals surface area contributed by atoms with Gasteiger partial charge in [-0.25, -0.2) is 0 Å². The van der Waals surface area contributed by atoms with Crippen molar-refractivity contribution in [2.75, 3.05) is 65.6 Å². The van der Waals surface area contributed by atoms with Gasteiger partial charge in [-0.3, -0.25) is 14.8 Å². The fraction of sp³-hybridized carbons (Fsp3) is 0.944. The van der Waals surface area contributed by atoms with Crippen LogP contribution in [-0.4, -0.2) is 87.4 Å². The van der Waals surface area contributed by atoms with E-state index in [2.05, 4.69) is 34.3 Å². The minimum atomic E-state index is 0. The van der Waals surface area contributed by atoms with E-state index >= 15 is 0 Å². The molecule has 2 aliphatic heterocycles. The Morgan fingerprint density at radius 1 is 1.12 bits per heavy atom. The average Bonchev–Trinajstić information content (AvgIpc) is 2.64. The molecule has 6 nitrogen and oxygen atoms in total. The Kier molecular flexibility index (Phi) is 12.8. The number of ether oxygens (including phenoxy) is 1. The molecule has 2 N–H and O–H groups in total. The molecule has 0 aromatic rings. The number of hydrogen-bond donors (Lipinski definition) is 2. The third-order valence-corrected chi connectivity index (χ3v) is 5.01. The van der Waals surface area contributed by atoms with E-state index in [1.165, 1.54) is 25.8 Å². The summed E-state index contributed by atoms with van der Waals surface area (Å²) in [6.07, 6.45) is 5.12. The number of piperidine rings is 1. The lowest BCUT2D eigenvalue weighted by Gasteiger charge is -2.34. The third-order valence-electron chi connectivity index (χ3n) is 5.01. The molecule has 2 fully saturated rings. The number of guanidine groups is 1. The van der Waals surface area contributed by atoms with Crippen molar-refractivity contribution in [3.63, 3.8) is 0 Å². The first-order chi connectivity index (χ1) is 11.8. The molecule has 2 aliphatic rings. The number of morpholine rings is 1. The Balaban J connectivity index is 0.00000312. The van der Waals surface area contributed by atoms with E-state index in [4.69, 9.17) is 9.73 Å². The normalized spacial score (nSPS) is 23.1. The molecule has 2 saturated heterocycles. The first-order valence-electron chi connectivity index (χ1n) is 9.89. The van der Waals surface area contributed by atoms with Crippen LogP contribution in [0.5, 0.6) is 0 Å². The maximum absolute atomic E-state index is 5.39. The summed E-state index contributed by atoms with van der Waals surface area (Å²) in [6, 6.07) is 0.618. The van der Waals surface area contributed by atoms with Gasteiger partial charge < -0.3 is 15.4 Å². The molecule has 1 unspecified atom stereocenters. The summed E-state index contributed by atoms with van der Waals surface area (Å²) in [6.45, 7) is 14.6. The van der Waals surface area contributed by atoms with Gasteiger partial charge in [0.1, 0.15) is 0 Å². The smallest absolute Gasteiger partial charge is 0.191 e. The van der Waals surface area contributed by atoms with Gasteiger partial charge in [-0.15, -0.1) is 24.0 Å². The van der Waals surface area contributed by atoms with Crippen LogP contribution in [0.15, 0.2) is 4.99 Å². The second kappa shape index (κ2) is 14.0. The van der Waals surface area contributed by atoms with Gasteiger partial charge in [0.05, 0.1) is 19.8 Å². The number of aliphatic imine (C=N–C) groups is 1. The van der Waals surface area contributed by atoms with Gasteiger partial charge in [0.15, 0.2) is 5.96 Å². The molecule has 0 saturated carbocycles. The van der Waals surface area contributed by atoms with E-state index in [0.717, 1.165) is 71.4 Å². The summed E-state index contributed by atoms with van der Waals surface area (Å²) in [5.74, 6) is 0.973. The van der Waals surface area contributed by atoms with Gasteiger partial charge in [-0.2, -0.15) is 0 Å². The van der Waals surface area contributed by atoms with Crippen molar-refractivity contribution in [1.82, 2.24) is 20.4 Å². The zero-order chi connectivity index (χ0) is 17.0. The fourth-order valence-electron chi connectivity index (χ4n) is 3.56. The molecule has 0 amide bonds. The summed E-state index contributed by atoms with van der Waals surface area (Å²) in [4.78, 5) is 9.90. The van der Waals surface area contributed by atoms with E-state index < -0.39 is 0 Å². The topological polar surface area (TPSA) is 52.1 Å². The van der Waals surface area contributed by atoms with Gasteiger partial charge in [-0.1, -0.05) is 13.3 Å². The van der Waals surface area contributed by atoms with Gasteiger partial charge in [0, 0.05) is 32.2 Å². The van der Waals surface area contributed by atoms with Crippen LogP contribution in [0.1, 0.15) is 39.5 Å². The molecule has 0 radical (unpaired) electrons. The van der Waals surface area contributed by atoms with Gasteiger partial charge in [0.2, 0.25) is 0 Å². The lowest BCUT2D eigenvalue weighted by molar-refractivity contribution is 0.0376. The molecule has 2 rings (SSSR count). The molecule has 0 aliphatic carbocycles. The summed E-state index contributed by atoms with van der Waals surface area (Å²) >= 11 is 0. The highest BCUT2D eigenvalue weighted by molar-refractivity contribution is 14.0. The van der Waals surface area contributed by atoms with E-state index in [1.54, 1.807) is 0 Å². The number of rotatable bonds is 8. The maximum atomic E-state index is 5.39. The van der Waals surface area contributed by atoms with E-state index in [9.17, 15) is 0 Å². The van der Waals surface area contributed by atoms with Crippen LogP contribution in [0.4, 0.5) is 0 Å². The van der Waals surface area contributed by atoms with Crippen molar-refractivity contribution in [1.29, 1.82) is 0 Å². The first kappa shape index (κ1) is 22.9. The van der Waals surface area contributed by atoms with Crippen molar-refractivity contribution in [2.45, 2.75) is 45.6 Å². The van der Waals surface area contributed by atoms with Gasteiger partial charge >= 0.3 is 0 Å². The second-order valence-electron chi connectivity index (χ2n) is 6.73. The highest BCUT2D eigenvalue weighted by atomic mass is 127. The number of nitrogens with one attached hydrogen (secondary N) is 2. The SMILES string of the molecule is CCNC(=NCC1CCCCN1CC)NCCCN1CCOCC1.I. The zero-order valence-electron chi connectivity index (χ0n) is 16.1. The van der Waals surface area contributed by atoms with E-state index in [0.29, 0.717) is 6.04 Å². The van der Waals surface area contributed by atoms with Crippen molar-refractivity contribution in [3.05, 3.63) is 0 Å². The minimum absolute atomic E-state index is 0. The van der Waals surface area contributed by atoms with Crippen LogP contribution in [0, 0.1) is 0 Å². The zero-order valence-corrected chi connectivity index (χ0v) is 18.5. The van der Waals surface area contributed by atoms with Crippen LogP contribution < -0.4 is 10.6 Å². The van der Waals surface area contributed by atoms with E-state index in [1.807, 2.05) is 0 Å². The second-order valence-corrected chi connectivity index (χ2v) is 6.73. The third kappa shape index (κ3) is 8.88. The number of nitrogens with zero attached hydrogens (tertiary/aromatic N) is 3. The van der Waals surface area contributed by atoms with Crippen molar-refractivity contribution < 1.29 is 4.74 Å². The Morgan fingerprint density at radius 3 is 2.64 bits per heavy atom. The standard InChI is InChI=1S/C18H37N5O.HI/c1-3-19-18(20-9-7-10-22-12-14-24-15-13-22)21-16-17-8-5-6-11-23(17)4-2;/h17H,3-16H2,1-2H3,(H2,19,20,21);1H. The number of hydrogen-bond acceptors (Lipinski definition) is 4. The Hall–Kier alpha value is -0.120. The predicted octanol–water partition coefficient (Wildman–Crippen LogP) is 1.76. The van der Waals surface area contributed by atoms with Crippen LogP contribution >= 0.6 is 24.0 Å². The number of likely N-dealkylation sites (N-methyl/N-ethyl adjacent to an activating group) is 1. The lowest BCUT2D eigenvalue weighted by atomic mass is 10.0. The largest absolute Gasteiger partial charge is 0.379 e. The molecule has 25 heavy (non-hydrogen) atoms. The van der Waals surface area contributed by atoms with Crippen molar-refractivity contribution in [2.24, 2.45) is 4.99 Å². The maximum Gasteiger partial charge on any atom is 0.191 e. The quantitative estimate of drug-likeness (QED) is 0.247. The molecular weight excluding hydrogens is 429 g/mol. The van der Waals surface area contributed by atoms with Crippen LogP contribution in [0.25, 0.3) is 0 Å². The molecule has 0 aromatic carbocycles. The molecule has 0 spiro atoms. The Morgan fingerprint density at radius 2 is 1.92 bits per heavy atom. The molecular formula is C18H38IN5O. The first-order valence-corrected chi connectivity index (χ1v) is 9.89. The van der Waals surface area contributed by atoms with Crippen molar-refractivity contribution >= 4 is 29.9 Å². The van der Waals surface area contributed by atoms with E-state index in [-0.39, 0.29) is 24.0 Å². The molecule has 0 aromatic heterocycles. The summed E-state index contributed by atoms with van der Waals surface area (Å²) in [7, 11) is 0. The highest BCUT2D eigenvalue weighted by Gasteiger charge is 2.20. The van der Waals surface area contributed by atoms with Crippen LogP contribution in [0.3, 0.4) is 0 Å². The molecule has 1 atom stereocenters. The summed E-state index contributed by atoms with van der Waals surface area (Å²) in [5, 5.41) is 6.88. The van der Waals surface area contributed by atoms with Gasteiger partial charge in [-0.05, 0) is 45.8 Å². The Bertz CT molecular complexity index is 363. The Labute approximate surface area is 171 Å². The molecule has 2 heterocycles.